The molecule has 1 heterocycles. The fourth-order valence-electron chi connectivity index (χ4n) is 1.44. The second-order valence-electron chi connectivity index (χ2n) is 3.49. The van der Waals surface area contributed by atoms with Crippen molar-refractivity contribution in [1.29, 1.82) is 10.5 Å². The van der Waals surface area contributed by atoms with Crippen molar-refractivity contribution in [3.8, 4) is 12.1 Å². The molecule has 0 radical (unpaired) electrons. The molecule has 0 aliphatic carbocycles. The fraction of sp³-hybridized carbons (Fsp3) is 0.400. The first kappa shape index (κ1) is 13.1. The number of nitrogens with zero attached hydrogens (tertiary/aromatic N) is 2. The molecule has 6 nitrogen and oxygen atoms in total. The zero-order valence-corrected chi connectivity index (χ0v) is 9.87. The number of hydrogen-bond donors (Lipinski definition) is 2. The molecule has 2 unspecified atom stereocenters. The summed E-state index contributed by atoms with van der Waals surface area (Å²) >= 11 is 0.999. The molecule has 17 heavy (non-hydrogen) atoms. The molecule has 3 N–H and O–H groups in total. The Labute approximate surface area is 102 Å². The van der Waals surface area contributed by atoms with E-state index in [1.165, 1.54) is 0 Å². The summed E-state index contributed by atoms with van der Waals surface area (Å²) in [6.45, 7) is 1.63. The highest BCUT2D eigenvalue weighted by Gasteiger charge is 2.35. The zero-order valence-electron chi connectivity index (χ0n) is 9.06. The third kappa shape index (κ3) is 2.77. The highest BCUT2D eigenvalue weighted by molar-refractivity contribution is 8.03. The van der Waals surface area contributed by atoms with Gasteiger partial charge in [-0.1, -0.05) is 18.7 Å². The van der Waals surface area contributed by atoms with E-state index in [9.17, 15) is 9.59 Å². The second-order valence-corrected chi connectivity index (χ2v) is 4.48. The number of thioether (sulfide) groups is 1. The third-order valence-electron chi connectivity index (χ3n) is 2.34. The lowest BCUT2D eigenvalue weighted by atomic mass is 9.86. The van der Waals surface area contributed by atoms with Gasteiger partial charge in [0.1, 0.15) is 5.92 Å². The number of nitrogens with one attached hydrogen (secondary N) is 1. The van der Waals surface area contributed by atoms with Crippen molar-refractivity contribution in [3.63, 3.8) is 0 Å². The molecule has 2 amide bonds. The van der Waals surface area contributed by atoms with E-state index in [0.29, 0.717) is 10.6 Å². The number of primary amides is 1. The number of carbonyl (C=O) groups excluding carboxylic acids is 2. The van der Waals surface area contributed by atoms with Crippen LogP contribution in [0.2, 0.25) is 0 Å². The molecular weight excluding hydrogens is 240 g/mol. The minimum atomic E-state index is -0.873. The van der Waals surface area contributed by atoms with Gasteiger partial charge in [0.25, 0.3) is 0 Å². The molecule has 0 aromatic rings. The monoisotopic (exact) mass is 250 g/mol. The van der Waals surface area contributed by atoms with E-state index < -0.39 is 23.7 Å². The van der Waals surface area contributed by atoms with Crippen LogP contribution in [0.15, 0.2) is 10.6 Å². The number of amides is 2. The van der Waals surface area contributed by atoms with Crippen molar-refractivity contribution in [3.05, 3.63) is 10.6 Å². The summed E-state index contributed by atoms with van der Waals surface area (Å²) in [7, 11) is 0. The second kappa shape index (κ2) is 5.37. The quantitative estimate of drug-likeness (QED) is 0.721. The molecule has 2 atom stereocenters. The van der Waals surface area contributed by atoms with Gasteiger partial charge in [-0.05, 0) is 0 Å². The van der Waals surface area contributed by atoms with Gasteiger partial charge in [0.05, 0.1) is 28.5 Å². The predicted molar refractivity (Wildman–Crippen MR) is 60.7 cm³/mol. The smallest absolute Gasteiger partial charge is 0.242 e. The summed E-state index contributed by atoms with van der Waals surface area (Å²) in [5.41, 5.74) is 5.30. The first-order valence-corrected chi connectivity index (χ1v) is 5.75. The van der Waals surface area contributed by atoms with Gasteiger partial charge in [-0.15, -0.1) is 0 Å². The number of rotatable bonds is 3. The molecule has 0 aromatic carbocycles. The van der Waals surface area contributed by atoms with Crippen molar-refractivity contribution in [2.75, 3.05) is 5.75 Å². The predicted octanol–water partition coefficient (Wildman–Crippen LogP) is -0.154. The molecule has 1 rings (SSSR count). The molecule has 0 fully saturated rings. The van der Waals surface area contributed by atoms with Crippen molar-refractivity contribution < 1.29 is 9.59 Å². The van der Waals surface area contributed by atoms with Crippen LogP contribution in [0.3, 0.4) is 0 Å². The van der Waals surface area contributed by atoms with E-state index in [2.05, 4.69) is 5.32 Å². The highest BCUT2D eigenvalue weighted by atomic mass is 32.2. The van der Waals surface area contributed by atoms with Crippen LogP contribution in [0.25, 0.3) is 0 Å². The highest BCUT2D eigenvalue weighted by Crippen LogP contribution is 2.31. The molecule has 0 bridgehead atoms. The number of hydrogen-bond acceptors (Lipinski definition) is 5. The van der Waals surface area contributed by atoms with Gasteiger partial charge < -0.3 is 11.1 Å². The summed E-state index contributed by atoms with van der Waals surface area (Å²) in [6.07, 6.45) is 0. The SMILES string of the molecule is CC1C(C#N)=C(SCC(N)=O)NC(=O)C1C#N. The summed E-state index contributed by atoms with van der Waals surface area (Å²) in [5.74, 6) is -2.36. The molecule has 88 valence electrons. The van der Waals surface area contributed by atoms with E-state index in [4.69, 9.17) is 16.3 Å². The molecule has 0 aromatic heterocycles. The van der Waals surface area contributed by atoms with Crippen molar-refractivity contribution >= 4 is 23.6 Å². The Bertz CT molecular complexity index is 472. The Kier molecular flexibility index (Phi) is 4.13. The lowest BCUT2D eigenvalue weighted by Crippen LogP contribution is -2.39. The maximum Gasteiger partial charge on any atom is 0.242 e. The van der Waals surface area contributed by atoms with Crippen LogP contribution in [0, 0.1) is 34.5 Å². The minimum absolute atomic E-state index is 0.0231. The molecule has 1 aliphatic rings. The maximum atomic E-state index is 11.5. The van der Waals surface area contributed by atoms with Crippen LogP contribution in [0.5, 0.6) is 0 Å². The maximum absolute atomic E-state index is 11.5. The number of nitrogens with two attached hydrogens (primary N) is 1. The van der Waals surface area contributed by atoms with Crippen LogP contribution in [-0.2, 0) is 9.59 Å². The summed E-state index contributed by atoms with van der Waals surface area (Å²) in [6, 6.07) is 3.81. The van der Waals surface area contributed by atoms with Crippen molar-refractivity contribution in [2.45, 2.75) is 6.92 Å². The van der Waals surface area contributed by atoms with Crippen molar-refractivity contribution in [1.82, 2.24) is 5.32 Å². The average molecular weight is 250 g/mol. The van der Waals surface area contributed by atoms with Gasteiger partial charge in [0, 0.05) is 5.92 Å². The van der Waals surface area contributed by atoms with E-state index in [-0.39, 0.29) is 5.75 Å². The van der Waals surface area contributed by atoms with Crippen LogP contribution < -0.4 is 11.1 Å². The summed E-state index contributed by atoms with van der Waals surface area (Å²) in [5, 5.41) is 20.6. The molecule has 0 saturated carbocycles. The largest absolute Gasteiger partial charge is 0.369 e. The zero-order chi connectivity index (χ0) is 13.0. The Morgan fingerprint density at radius 2 is 2.24 bits per heavy atom. The standard InChI is InChI=1S/C10H10N4O2S/c1-5-6(2-11)9(16)14-10(7(5)3-12)17-4-8(13)15/h5-6H,4H2,1H3,(H2,13,15)(H,14,16). The fourth-order valence-corrected chi connectivity index (χ4v) is 2.28. The van der Waals surface area contributed by atoms with Crippen molar-refractivity contribution in [2.24, 2.45) is 17.6 Å². The number of allylic oxidation sites excluding steroid dienone is 1. The average Bonchev–Trinajstić information content (AvgIpc) is 2.26. The molecule has 0 saturated heterocycles. The van der Waals surface area contributed by atoms with E-state index in [0.717, 1.165) is 11.8 Å². The lowest BCUT2D eigenvalue weighted by molar-refractivity contribution is -0.124. The van der Waals surface area contributed by atoms with Crippen LogP contribution >= 0.6 is 11.8 Å². The van der Waals surface area contributed by atoms with Gasteiger partial charge in [0.2, 0.25) is 11.8 Å². The minimum Gasteiger partial charge on any atom is -0.369 e. The molecule has 1 aliphatic heterocycles. The van der Waals surface area contributed by atoms with Gasteiger partial charge >= 0.3 is 0 Å². The van der Waals surface area contributed by atoms with Crippen LogP contribution in [0.4, 0.5) is 0 Å². The first-order valence-electron chi connectivity index (χ1n) is 4.77. The summed E-state index contributed by atoms with van der Waals surface area (Å²) in [4.78, 5) is 22.2. The van der Waals surface area contributed by atoms with E-state index >= 15 is 0 Å². The summed E-state index contributed by atoms with van der Waals surface area (Å²) < 4.78 is 0. The van der Waals surface area contributed by atoms with Gasteiger partial charge in [-0.2, -0.15) is 10.5 Å². The molecule has 7 heteroatoms. The topological polar surface area (TPSA) is 120 Å². The Balaban J connectivity index is 3.01. The number of nitriles is 2. The van der Waals surface area contributed by atoms with Gasteiger partial charge in [0.15, 0.2) is 0 Å². The Morgan fingerprint density at radius 3 is 2.71 bits per heavy atom. The molecule has 0 spiro atoms. The van der Waals surface area contributed by atoms with Gasteiger partial charge in [-0.25, -0.2) is 0 Å². The first-order chi connectivity index (χ1) is 8.01. The van der Waals surface area contributed by atoms with Crippen LogP contribution in [0.1, 0.15) is 6.92 Å². The van der Waals surface area contributed by atoms with E-state index in [1.807, 2.05) is 12.1 Å². The third-order valence-corrected chi connectivity index (χ3v) is 3.38. The Morgan fingerprint density at radius 1 is 1.59 bits per heavy atom. The van der Waals surface area contributed by atoms with Gasteiger partial charge in [-0.3, -0.25) is 9.59 Å². The van der Waals surface area contributed by atoms with Crippen LogP contribution in [-0.4, -0.2) is 17.6 Å². The van der Waals surface area contributed by atoms with E-state index in [1.54, 1.807) is 6.92 Å². The molecular formula is C10H10N4O2S. The Hall–Kier alpha value is -1.99. The number of carbonyl (C=O) groups is 2. The lowest BCUT2D eigenvalue weighted by Gasteiger charge is -2.25. The normalized spacial score (nSPS) is 23.6.